The fraction of sp³-hybridized carbons (Fsp3) is 0.0909. The van der Waals surface area contributed by atoms with Crippen molar-refractivity contribution < 1.29 is 9.47 Å². The van der Waals surface area contributed by atoms with Gasteiger partial charge in [-0.15, -0.1) is 0 Å². The summed E-state index contributed by atoms with van der Waals surface area (Å²) in [6.07, 6.45) is 1.89. The molecule has 2 heterocycles. The average molecular weight is 388 g/mol. The van der Waals surface area contributed by atoms with Crippen molar-refractivity contribution in [2.75, 3.05) is 14.2 Å². The van der Waals surface area contributed by atoms with Gasteiger partial charge in [-0.05, 0) is 47.2 Å². The Morgan fingerprint density at radius 3 is 2.68 bits per heavy atom. The number of methoxy groups -OCH3 is 2. The fourth-order valence-corrected chi connectivity index (χ4v) is 4.47. The third-order valence-electron chi connectivity index (χ3n) is 4.87. The normalized spacial score (nSPS) is 12.3. The maximum Gasteiger partial charge on any atom is 0.274 e. The minimum Gasteiger partial charge on any atom is -0.497 e. The Labute approximate surface area is 164 Å². The first kappa shape index (κ1) is 16.8. The van der Waals surface area contributed by atoms with Crippen LogP contribution in [-0.4, -0.2) is 23.6 Å². The Kier molecular flexibility index (Phi) is 3.80. The molecular formula is C22H16N2O3S. The third-order valence-corrected chi connectivity index (χ3v) is 5.84. The highest BCUT2D eigenvalue weighted by Gasteiger charge is 2.13. The van der Waals surface area contributed by atoms with Crippen molar-refractivity contribution >= 4 is 44.2 Å². The minimum atomic E-state index is -0.0735. The highest BCUT2D eigenvalue weighted by Crippen LogP contribution is 2.31. The fourth-order valence-electron chi connectivity index (χ4n) is 3.50. The van der Waals surface area contributed by atoms with Crippen LogP contribution in [0.15, 0.2) is 59.4 Å². The van der Waals surface area contributed by atoms with Crippen LogP contribution in [0.25, 0.3) is 32.8 Å². The van der Waals surface area contributed by atoms with E-state index in [9.17, 15) is 4.79 Å². The topological polar surface area (TPSA) is 52.8 Å². The summed E-state index contributed by atoms with van der Waals surface area (Å²) in [5.41, 5.74) is 2.43. The molecule has 2 aromatic heterocycles. The number of imidazole rings is 1. The standard InChI is InChI=1S/C22H16N2O3S/c1-26-14-9-7-13-8-10-19(27-2)16(15(13)11-14)12-20-21(25)24-18-6-4-3-5-17(18)23-22(24)28-20/h3-12H,1-2H3/b20-12-. The molecule has 0 saturated heterocycles. The van der Waals surface area contributed by atoms with Gasteiger partial charge in [0.2, 0.25) is 0 Å². The molecule has 138 valence electrons. The van der Waals surface area contributed by atoms with E-state index < -0.39 is 0 Å². The van der Waals surface area contributed by atoms with Crippen LogP contribution in [0.5, 0.6) is 11.5 Å². The van der Waals surface area contributed by atoms with E-state index in [-0.39, 0.29) is 5.56 Å². The van der Waals surface area contributed by atoms with Gasteiger partial charge in [0.25, 0.3) is 5.56 Å². The number of fused-ring (bicyclic) bond motifs is 4. The second kappa shape index (κ2) is 6.35. The number of aromatic nitrogens is 2. The number of benzene rings is 3. The van der Waals surface area contributed by atoms with Gasteiger partial charge < -0.3 is 9.47 Å². The lowest BCUT2D eigenvalue weighted by Crippen LogP contribution is -2.22. The molecule has 5 rings (SSSR count). The highest BCUT2D eigenvalue weighted by atomic mass is 32.1. The monoisotopic (exact) mass is 388 g/mol. The van der Waals surface area contributed by atoms with Crippen molar-refractivity contribution in [3.8, 4) is 11.5 Å². The van der Waals surface area contributed by atoms with Crippen molar-refractivity contribution in [3.63, 3.8) is 0 Å². The number of hydrogen-bond donors (Lipinski definition) is 0. The van der Waals surface area contributed by atoms with E-state index in [1.54, 1.807) is 18.6 Å². The molecule has 0 radical (unpaired) electrons. The summed E-state index contributed by atoms with van der Waals surface area (Å²) >= 11 is 1.38. The molecule has 0 aliphatic rings. The lowest BCUT2D eigenvalue weighted by Gasteiger charge is -2.10. The summed E-state index contributed by atoms with van der Waals surface area (Å²) in [6.45, 7) is 0. The maximum atomic E-state index is 13.1. The summed E-state index contributed by atoms with van der Waals surface area (Å²) in [7, 11) is 3.27. The Hall–Kier alpha value is -3.38. The van der Waals surface area contributed by atoms with E-state index in [1.165, 1.54) is 11.3 Å². The second-order valence-corrected chi connectivity index (χ2v) is 7.41. The minimum absolute atomic E-state index is 0.0735. The molecule has 0 amide bonds. The number of ether oxygens (including phenoxy) is 2. The predicted molar refractivity (Wildman–Crippen MR) is 113 cm³/mol. The van der Waals surface area contributed by atoms with Gasteiger partial charge in [-0.3, -0.25) is 4.79 Å². The van der Waals surface area contributed by atoms with E-state index >= 15 is 0 Å². The largest absolute Gasteiger partial charge is 0.497 e. The first-order valence-electron chi connectivity index (χ1n) is 8.76. The second-order valence-electron chi connectivity index (χ2n) is 6.40. The number of hydrogen-bond acceptors (Lipinski definition) is 5. The van der Waals surface area contributed by atoms with Crippen LogP contribution in [0.1, 0.15) is 5.56 Å². The molecule has 0 bridgehead atoms. The zero-order chi connectivity index (χ0) is 19.3. The number of para-hydroxylation sites is 2. The van der Waals surface area contributed by atoms with Crippen LogP contribution < -0.4 is 19.6 Å². The van der Waals surface area contributed by atoms with Crippen LogP contribution in [0.4, 0.5) is 0 Å². The van der Waals surface area contributed by atoms with Crippen LogP contribution in [0.3, 0.4) is 0 Å². The van der Waals surface area contributed by atoms with Gasteiger partial charge >= 0.3 is 0 Å². The van der Waals surface area contributed by atoms with Crippen molar-refractivity contribution in [3.05, 3.63) is 75.0 Å². The van der Waals surface area contributed by atoms with Gasteiger partial charge in [0.05, 0.1) is 29.8 Å². The van der Waals surface area contributed by atoms with Crippen molar-refractivity contribution in [2.24, 2.45) is 0 Å². The predicted octanol–water partition coefficient (Wildman–Crippen LogP) is 3.63. The summed E-state index contributed by atoms with van der Waals surface area (Å²) < 4.78 is 13.2. The van der Waals surface area contributed by atoms with Gasteiger partial charge in [-0.25, -0.2) is 9.38 Å². The molecule has 3 aromatic carbocycles. The summed E-state index contributed by atoms with van der Waals surface area (Å²) in [4.78, 5) is 18.4. The SMILES string of the molecule is COc1ccc2ccc(OC)c(/C=c3\sc4nc5ccccc5n4c3=O)c2c1. The van der Waals surface area contributed by atoms with E-state index in [2.05, 4.69) is 4.98 Å². The summed E-state index contributed by atoms with van der Waals surface area (Å²) in [6, 6.07) is 17.5. The van der Waals surface area contributed by atoms with Gasteiger partial charge in [0.1, 0.15) is 11.5 Å². The Bertz CT molecular complexity index is 1460. The molecule has 0 unspecified atom stereocenters. The molecule has 0 aliphatic carbocycles. The van der Waals surface area contributed by atoms with E-state index in [1.807, 2.05) is 60.7 Å². The zero-order valence-electron chi connectivity index (χ0n) is 15.3. The molecule has 0 aliphatic heterocycles. The van der Waals surface area contributed by atoms with Gasteiger partial charge in [-0.1, -0.05) is 35.6 Å². The molecular weight excluding hydrogens is 372 g/mol. The van der Waals surface area contributed by atoms with Gasteiger partial charge in [0, 0.05) is 5.56 Å². The van der Waals surface area contributed by atoms with Crippen LogP contribution >= 0.6 is 11.3 Å². The summed E-state index contributed by atoms with van der Waals surface area (Å²) in [5.74, 6) is 1.46. The molecule has 0 N–H and O–H groups in total. The zero-order valence-corrected chi connectivity index (χ0v) is 16.1. The van der Waals surface area contributed by atoms with E-state index in [0.717, 1.165) is 33.1 Å². The molecule has 5 nitrogen and oxygen atoms in total. The molecule has 28 heavy (non-hydrogen) atoms. The third kappa shape index (κ3) is 2.46. The molecule has 0 saturated carbocycles. The Balaban J connectivity index is 1.84. The highest BCUT2D eigenvalue weighted by molar-refractivity contribution is 7.15. The smallest absolute Gasteiger partial charge is 0.274 e. The molecule has 6 heteroatoms. The maximum absolute atomic E-state index is 13.1. The quantitative estimate of drug-likeness (QED) is 0.474. The lowest BCUT2D eigenvalue weighted by molar-refractivity contribution is 0.413. The van der Waals surface area contributed by atoms with Crippen LogP contribution in [-0.2, 0) is 0 Å². The summed E-state index contributed by atoms with van der Waals surface area (Å²) in [5, 5.41) is 2.01. The Morgan fingerprint density at radius 1 is 1.04 bits per heavy atom. The molecule has 0 atom stereocenters. The van der Waals surface area contributed by atoms with Gasteiger partial charge in [0.15, 0.2) is 4.96 Å². The average Bonchev–Trinajstić information content (AvgIpc) is 3.24. The van der Waals surface area contributed by atoms with Crippen molar-refractivity contribution in [2.45, 2.75) is 0 Å². The van der Waals surface area contributed by atoms with E-state index in [4.69, 9.17) is 9.47 Å². The number of rotatable bonds is 3. The molecule has 0 spiro atoms. The number of nitrogens with zero attached hydrogens (tertiary/aromatic N) is 2. The van der Waals surface area contributed by atoms with Crippen molar-refractivity contribution in [1.82, 2.24) is 9.38 Å². The lowest BCUT2D eigenvalue weighted by atomic mass is 10.0. The number of thiazole rings is 1. The first-order chi connectivity index (χ1) is 13.7. The molecule has 5 aromatic rings. The van der Waals surface area contributed by atoms with Crippen LogP contribution in [0.2, 0.25) is 0 Å². The molecule has 0 fully saturated rings. The van der Waals surface area contributed by atoms with Crippen LogP contribution in [0, 0.1) is 0 Å². The first-order valence-corrected chi connectivity index (χ1v) is 9.58. The Morgan fingerprint density at radius 2 is 1.86 bits per heavy atom. The van der Waals surface area contributed by atoms with Crippen molar-refractivity contribution in [1.29, 1.82) is 0 Å². The van der Waals surface area contributed by atoms with E-state index in [0.29, 0.717) is 15.2 Å². The van der Waals surface area contributed by atoms with Gasteiger partial charge in [-0.2, -0.15) is 0 Å².